The van der Waals surface area contributed by atoms with Crippen molar-refractivity contribution in [2.24, 2.45) is 0 Å². The number of hydrogen-bond acceptors (Lipinski definition) is 6. The van der Waals surface area contributed by atoms with Crippen LogP contribution >= 0.6 is 0 Å². The zero-order chi connectivity index (χ0) is 21.6. The summed E-state index contributed by atoms with van der Waals surface area (Å²) in [6.45, 7) is 2.05. The summed E-state index contributed by atoms with van der Waals surface area (Å²) in [6.07, 6.45) is 5.44. The van der Waals surface area contributed by atoms with E-state index in [1.165, 1.54) is 0 Å². The maximum absolute atomic E-state index is 5.85. The van der Waals surface area contributed by atoms with Gasteiger partial charge in [-0.1, -0.05) is 24.3 Å². The van der Waals surface area contributed by atoms with E-state index in [-0.39, 0.29) is 0 Å². The number of anilines is 1. The Hall–Kier alpha value is -3.58. The third-order valence-corrected chi connectivity index (χ3v) is 4.87. The van der Waals surface area contributed by atoms with Gasteiger partial charge in [0.15, 0.2) is 0 Å². The molecule has 0 unspecified atom stereocenters. The Morgan fingerprint density at radius 2 is 1.77 bits per heavy atom. The van der Waals surface area contributed by atoms with Crippen molar-refractivity contribution in [2.45, 2.75) is 19.6 Å². The van der Waals surface area contributed by atoms with Crippen molar-refractivity contribution < 1.29 is 9.15 Å². The number of methoxy groups -OCH3 is 1. The second-order valence-corrected chi connectivity index (χ2v) is 7.68. The Labute approximate surface area is 182 Å². The van der Waals surface area contributed by atoms with Crippen molar-refractivity contribution in [1.29, 1.82) is 0 Å². The highest BCUT2D eigenvalue weighted by atomic mass is 16.5. The summed E-state index contributed by atoms with van der Waals surface area (Å²) in [5.41, 5.74) is 4.22. The number of ether oxygens (including phenoxy) is 1. The standard InChI is InChI=1S/C24H27N5O2/c1-27(2)17-21-18-31-24(26-21)28(16-20-6-4-7-23(14-20)30-3)15-19-8-10-22(11-9-19)29-13-5-12-25-29/h4-14,18H,15-17H2,1-3H3. The van der Waals surface area contributed by atoms with Gasteiger partial charge in [0.2, 0.25) is 0 Å². The molecular formula is C24H27N5O2. The van der Waals surface area contributed by atoms with Crippen molar-refractivity contribution in [3.63, 3.8) is 0 Å². The zero-order valence-corrected chi connectivity index (χ0v) is 18.1. The fourth-order valence-electron chi connectivity index (χ4n) is 3.42. The van der Waals surface area contributed by atoms with Crippen LogP contribution in [0.2, 0.25) is 0 Å². The summed E-state index contributed by atoms with van der Waals surface area (Å²) in [6, 6.07) is 18.9. The quantitative estimate of drug-likeness (QED) is 0.408. The minimum atomic E-state index is 0.607. The van der Waals surface area contributed by atoms with E-state index in [2.05, 4.69) is 45.2 Å². The van der Waals surface area contributed by atoms with Gasteiger partial charge in [0.05, 0.1) is 18.5 Å². The van der Waals surface area contributed by atoms with E-state index in [4.69, 9.17) is 14.1 Å². The topological polar surface area (TPSA) is 59.6 Å². The van der Waals surface area contributed by atoms with Crippen molar-refractivity contribution in [3.8, 4) is 11.4 Å². The summed E-state index contributed by atoms with van der Waals surface area (Å²) in [5, 5.41) is 4.29. The van der Waals surface area contributed by atoms with Crippen LogP contribution in [0, 0.1) is 0 Å². The molecule has 2 aromatic carbocycles. The first kappa shape index (κ1) is 20.7. The second-order valence-electron chi connectivity index (χ2n) is 7.68. The average Bonchev–Trinajstić information content (AvgIpc) is 3.46. The molecule has 0 radical (unpaired) electrons. The molecular weight excluding hydrogens is 390 g/mol. The Kier molecular flexibility index (Phi) is 6.33. The van der Waals surface area contributed by atoms with Gasteiger partial charge in [0, 0.05) is 32.0 Å². The lowest BCUT2D eigenvalue weighted by Crippen LogP contribution is -2.22. The zero-order valence-electron chi connectivity index (χ0n) is 18.1. The van der Waals surface area contributed by atoms with E-state index >= 15 is 0 Å². The van der Waals surface area contributed by atoms with Crippen LogP contribution in [0.5, 0.6) is 5.75 Å². The largest absolute Gasteiger partial charge is 0.497 e. The van der Waals surface area contributed by atoms with E-state index in [9.17, 15) is 0 Å². The Bertz CT molecular complexity index is 1090. The lowest BCUT2D eigenvalue weighted by Gasteiger charge is -2.21. The molecule has 4 aromatic rings. The van der Waals surface area contributed by atoms with E-state index in [1.54, 1.807) is 19.6 Å². The third kappa shape index (κ3) is 5.32. The summed E-state index contributed by atoms with van der Waals surface area (Å²) >= 11 is 0. The Balaban J connectivity index is 1.57. The molecule has 0 saturated carbocycles. The van der Waals surface area contributed by atoms with E-state index in [0.717, 1.165) is 34.8 Å². The van der Waals surface area contributed by atoms with Gasteiger partial charge in [-0.25, -0.2) is 4.68 Å². The highest BCUT2D eigenvalue weighted by Gasteiger charge is 2.16. The molecule has 0 amide bonds. The van der Waals surface area contributed by atoms with Crippen LogP contribution in [0.15, 0.2) is 77.7 Å². The highest BCUT2D eigenvalue weighted by Crippen LogP contribution is 2.22. The maximum atomic E-state index is 5.85. The molecule has 2 aromatic heterocycles. The van der Waals surface area contributed by atoms with Crippen LogP contribution in [-0.2, 0) is 19.6 Å². The summed E-state index contributed by atoms with van der Waals surface area (Å²) < 4.78 is 13.1. The Morgan fingerprint density at radius 1 is 0.968 bits per heavy atom. The number of benzene rings is 2. The lowest BCUT2D eigenvalue weighted by atomic mass is 10.1. The molecule has 7 heteroatoms. The first-order valence-electron chi connectivity index (χ1n) is 10.2. The second kappa shape index (κ2) is 9.49. The summed E-state index contributed by atoms with van der Waals surface area (Å²) in [5.74, 6) is 0.835. The predicted octanol–water partition coefficient (Wildman–Crippen LogP) is 4.14. The third-order valence-electron chi connectivity index (χ3n) is 4.87. The SMILES string of the molecule is COc1cccc(CN(Cc2ccc(-n3cccn3)cc2)c2nc(CN(C)C)co2)c1. The molecule has 0 aliphatic carbocycles. The molecule has 2 heterocycles. The van der Waals surface area contributed by atoms with Crippen LogP contribution < -0.4 is 9.64 Å². The molecule has 0 bridgehead atoms. The average molecular weight is 418 g/mol. The predicted molar refractivity (Wildman–Crippen MR) is 120 cm³/mol. The lowest BCUT2D eigenvalue weighted by molar-refractivity contribution is 0.396. The van der Waals surface area contributed by atoms with Gasteiger partial charge in [-0.05, 0) is 55.6 Å². The van der Waals surface area contributed by atoms with Gasteiger partial charge < -0.3 is 19.0 Å². The molecule has 31 heavy (non-hydrogen) atoms. The molecule has 4 rings (SSSR count). The number of aromatic nitrogens is 3. The minimum Gasteiger partial charge on any atom is -0.497 e. The fraction of sp³-hybridized carbons (Fsp3) is 0.250. The monoisotopic (exact) mass is 417 g/mol. The van der Waals surface area contributed by atoms with Gasteiger partial charge in [0.1, 0.15) is 12.0 Å². The minimum absolute atomic E-state index is 0.607. The highest BCUT2D eigenvalue weighted by molar-refractivity contribution is 5.38. The van der Waals surface area contributed by atoms with Gasteiger partial charge in [-0.15, -0.1) is 0 Å². The molecule has 0 aliphatic heterocycles. The van der Waals surface area contributed by atoms with Crippen LogP contribution in [0.25, 0.3) is 5.69 Å². The van der Waals surface area contributed by atoms with Gasteiger partial charge in [-0.3, -0.25) is 0 Å². The van der Waals surface area contributed by atoms with Gasteiger partial charge in [-0.2, -0.15) is 10.1 Å². The molecule has 0 atom stereocenters. The molecule has 0 aliphatic rings. The van der Waals surface area contributed by atoms with Crippen molar-refractivity contribution >= 4 is 6.01 Å². The summed E-state index contributed by atoms with van der Waals surface area (Å²) in [4.78, 5) is 8.92. The normalized spacial score (nSPS) is 11.1. The maximum Gasteiger partial charge on any atom is 0.298 e. The number of oxazole rings is 1. The van der Waals surface area contributed by atoms with Crippen LogP contribution in [-0.4, -0.2) is 40.9 Å². The molecule has 160 valence electrons. The van der Waals surface area contributed by atoms with Crippen molar-refractivity contribution in [2.75, 3.05) is 26.1 Å². The Morgan fingerprint density at radius 3 is 2.48 bits per heavy atom. The van der Waals surface area contributed by atoms with Crippen LogP contribution in [0.1, 0.15) is 16.8 Å². The molecule has 0 N–H and O–H groups in total. The first-order valence-corrected chi connectivity index (χ1v) is 10.2. The van der Waals surface area contributed by atoms with Gasteiger partial charge >= 0.3 is 0 Å². The smallest absolute Gasteiger partial charge is 0.298 e. The molecule has 0 spiro atoms. The van der Waals surface area contributed by atoms with Crippen molar-refractivity contribution in [3.05, 3.63) is 90.1 Å². The van der Waals surface area contributed by atoms with E-state index < -0.39 is 0 Å². The molecule has 0 saturated heterocycles. The first-order chi connectivity index (χ1) is 15.1. The number of hydrogen-bond donors (Lipinski definition) is 0. The van der Waals surface area contributed by atoms with E-state index in [0.29, 0.717) is 19.1 Å². The fourth-order valence-corrected chi connectivity index (χ4v) is 3.42. The molecule has 0 fully saturated rings. The van der Waals surface area contributed by atoms with Crippen molar-refractivity contribution in [1.82, 2.24) is 19.7 Å². The number of rotatable bonds is 9. The van der Waals surface area contributed by atoms with Gasteiger partial charge in [0.25, 0.3) is 6.01 Å². The van der Waals surface area contributed by atoms with Crippen LogP contribution in [0.4, 0.5) is 6.01 Å². The van der Waals surface area contributed by atoms with Crippen LogP contribution in [0.3, 0.4) is 0 Å². The van der Waals surface area contributed by atoms with E-state index in [1.807, 2.05) is 49.2 Å². The molecule has 7 nitrogen and oxygen atoms in total. The summed E-state index contributed by atoms with van der Waals surface area (Å²) in [7, 11) is 5.71. The number of nitrogens with zero attached hydrogens (tertiary/aromatic N) is 5.